The normalized spacial score (nSPS) is 15.3. The minimum absolute atomic E-state index is 0.320. The number of likely N-dealkylation sites (N-methyl/N-ethyl adjacent to an activating group) is 1. The van der Waals surface area contributed by atoms with Crippen molar-refractivity contribution in [3.8, 4) is 0 Å². The Morgan fingerprint density at radius 3 is 2.52 bits per heavy atom. The third kappa shape index (κ3) is 4.17. The molecule has 7 heteroatoms. The number of carbonyl (C=O) groups is 1. The van der Waals surface area contributed by atoms with Gasteiger partial charge in [0.1, 0.15) is 18.0 Å². The highest BCUT2D eigenvalue weighted by molar-refractivity contribution is 5.99. The third-order valence-corrected chi connectivity index (χ3v) is 3.75. The van der Waals surface area contributed by atoms with E-state index in [1.54, 1.807) is 6.07 Å². The van der Waals surface area contributed by atoms with Gasteiger partial charge in [-0.2, -0.15) is 0 Å². The van der Waals surface area contributed by atoms with Crippen LogP contribution in [0.2, 0.25) is 0 Å². The lowest BCUT2D eigenvalue weighted by Gasteiger charge is -2.33. The van der Waals surface area contributed by atoms with Crippen molar-refractivity contribution in [3.05, 3.63) is 42.7 Å². The van der Waals surface area contributed by atoms with Crippen LogP contribution < -0.4 is 15.5 Å². The number of piperazine rings is 1. The largest absolute Gasteiger partial charge is 0.354 e. The first-order valence-electron chi connectivity index (χ1n) is 7.59. The summed E-state index contributed by atoms with van der Waals surface area (Å²) in [6.07, 6.45) is 1.48. The van der Waals surface area contributed by atoms with E-state index in [0.717, 1.165) is 37.7 Å². The highest BCUT2D eigenvalue weighted by Gasteiger charge is 2.16. The van der Waals surface area contributed by atoms with Crippen molar-refractivity contribution in [2.45, 2.75) is 0 Å². The quantitative estimate of drug-likeness (QED) is 0.905. The molecule has 0 bridgehead atoms. The third-order valence-electron chi connectivity index (χ3n) is 3.75. The highest BCUT2D eigenvalue weighted by Crippen LogP contribution is 2.16. The summed E-state index contributed by atoms with van der Waals surface area (Å²) < 4.78 is 0. The van der Waals surface area contributed by atoms with Gasteiger partial charge in [0.05, 0.1) is 0 Å². The molecule has 1 aliphatic heterocycles. The van der Waals surface area contributed by atoms with E-state index in [4.69, 9.17) is 0 Å². The minimum Gasteiger partial charge on any atom is -0.354 e. The maximum atomic E-state index is 12.0. The van der Waals surface area contributed by atoms with Crippen LogP contribution in [0.3, 0.4) is 0 Å². The van der Waals surface area contributed by atoms with E-state index in [1.165, 1.54) is 6.33 Å². The summed E-state index contributed by atoms with van der Waals surface area (Å²) in [4.78, 5) is 24.9. The van der Waals surface area contributed by atoms with Gasteiger partial charge in [-0.3, -0.25) is 5.32 Å². The summed E-state index contributed by atoms with van der Waals surface area (Å²) in [6, 6.07) is 10.8. The maximum Gasteiger partial charge on any atom is 0.324 e. The van der Waals surface area contributed by atoms with Crippen molar-refractivity contribution < 1.29 is 4.79 Å². The van der Waals surface area contributed by atoms with Gasteiger partial charge in [-0.05, 0) is 19.2 Å². The van der Waals surface area contributed by atoms with Crippen LogP contribution in [0.15, 0.2) is 42.7 Å². The van der Waals surface area contributed by atoms with Crippen LogP contribution in [0.4, 0.5) is 22.1 Å². The SMILES string of the molecule is CN1CCN(c2cc(NC(=O)Nc3ccccc3)ncn2)CC1. The molecule has 2 heterocycles. The predicted octanol–water partition coefficient (Wildman–Crippen LogP) is 1.87. The lowest BCUT2D eigenvalue weighted by Crippen LogP contribution is -2.44. The number of hydrogen-bond donors (Lipinski definition) is 2. The van der Waals surface area contributed by atoms with E-state index < -0.39 is 0 Å². The molecule has 1 aliphatic rings. The molecule has 3 rings (SSSR count). The number of carbonyl (C=O) groups excluding carboxylic acids is 1. The lowest BCUT2D eigenvalue weighted by molar-refractivity contribution is 0.262. The fourth-order valence-corrected chi connectivity index (χ4v) is 2.42. The average Bonchev–Trinajstić information content (AvgIpc) is 2.56. The van der Waals surface area contributed by atoms with E-state index >= 15 is 0 Å². The number of urea groups is 1. The molecule has 1 aromatic carbocycles. The lowest BCUT2D eigenvalue weighted by atomic mass is 10.3. The fourth-order valence-electron chi connectivity index (χ4n) is 2.42. The molecule has 0 atom stereocenters. The van der Waals surface area contributed by atoms with E-state index in [1.807, 2.05) is 30.3 Å². The zero-order valence-electron chi connectivity index (χ0n) is 13.1. The Morgan fingerprint density at radius 1 is 1.04 bits per heavy atom. The summed E-state index contributed by atoms with van der Waals surface area (Å²) in [7, 11) is 2.11. The van der Waals surface area contributed by atoms with E-state index in [2.05, 4.69) is 37.4 Å². The number of para-hydroxylation sites is 1. The second-order valence-corrected chi connectivity index (χ2v) is 5.50. The number of anilines is 3. The van der Waals surface area contributed by atoms with Crippen molar-refractivity contribution in [1.82, 2.24) is 14.9 Å². The highest BCUT2D eigenvalue weighted by atomic mass is 16.2. The first-order chi connectivity index (χ1) is 11.2. The van der Waals surface area contributed by atoms with Crippen LogP contribution in [0.5, 0.6) is 0 Å². The van der Waals surface area contributed by atoms with Gasteiger partial charge in [-0.1, -0.05) is 18.2 Å². The van der Waals surface area contributed by atoms with Crippen LogP contribution in [0.25, 0.3) is 0 Å². The Labute approximate surface area is 135 Å². The molecule has 0 saturated carbocycles. The number of hydrogen-bond acceptors (Lipinski definition) is 5. The van der Waals surface area contributed by atoms with Gasteiger partial charge in [0.2, 0.25) is 0 Å². The number of nitrogens with one attached hydrogen (secondary N) is 2. The molecule has 7 nitrogen and oxygen atoms in total. The zero-order chi connectivity index (χ0) is 16.1. The molecular weight excluding hydrogens is 292 g/mol. The molecule has 2 aromatic rings. The molecule has 0 aliphatic carbocycles. The second-order valence-electron chi connectivity index (χ2n) is 5.50. The van der Waals surface area contributed by atoms with Crippen molar-refractivity contribution in [2.75, 3.05) is 48.8 Å². The standard InChI is InChI=1S/C16H20N6O/c1-21-7-9-22(10-8-21)15-11-14(17-12-18-15)20-16(23)19-13-5-3-2-4-6-13/h2-6,11-12H,7-10H2,1H3,(H2,17,18,19,20,23). The second kappa shape index (κ2) is 7.06. The summed E-state index contributed by atoms with van der Waals surface area (Å²) in [5.74, 6) is 1.32. The Bertz CT molecular complexity index is 655. The van der Waals surface area contributed by atoms with E-state index in [-0.39, 0.29) is 6.03 Å². The van der Waals surface area contributed by atoms with Gasteiger partial charge in [-0.15, -0.1) is 0 Å². The molecular formula is C16H20N6O. The predicted molar refractivity (Wildman–Crippen MR) is 90.8 cm³/mol. The number of benzene rings is 1. The van der Waals surface area contributed by atoms with Crippen LogP contribution in [-0.2, 0) is 0 Å². The topological polar surface area (TPSA) is 73.4 Å². The molecule has 2 N–H and O–H groups in total. The monoisotopic (exact) mass is 312 g/mol. The molecule has 23 heavy (non-hydrogen) atoms. The van der Waals surface area contributed by atoms with Gasteiger partial charge in [-0.25, -0.2) is 14.8 Å². The Hall–Kier alpha value is -2.67. The summed E-state index contributed by atoms with van der Waals surface area (Å²) >= 11 is 0. The fraction of sp³-hybridized carbons (Fsp3) is 0.312. The Morgan fingerprint density at radius 2 is 1.78 bits per heavy atom. The zero-order valence-corrected chi connectivity index (χ0v) is 13.1. The van der Waals surface area contributed by atoms with Crippen molar-refractivity contribution in [1.29, 1.82) is 0 Å². The molecule has 120 valence electrons. The molecule has 1 aromatic heterocycles. The molecule has 0 unspecified atom stereocenters. The van der Waals surface area contributed by atoms with Gasteiger partial charge < -0.3 is 15.1 Å². The molecule has 0 radical (unpaired) electrons. The number of amides is 2. The summed E-state index contributed by atoms with van der Waals surface area (Å²) in [5.41, 5.74) is 0.735. The van der Waals surface area contributed by atoms with Crippen molar-refractivity contribution >= 4 is 23.4 Å². The number of rotatable bonds is 3. The van der Waals surface area contributed by atoms with E-state index in [9.17, 15) is 4.79 Å². The average molecular weight is 312 g/mol. The van der Waals surface area contributed by atoms with Gasteiger partial charge >= 0.3 is 6.03 Å². The van der Waals surface area contributed by atoms with Crippen LogP contribution in [0.1, 0.15) is 0 Å². The smallest absolute Gasteiger partial charge is 0.324 e. The first kappa shape index (κ1) is 15.2. The number of aromatic nitrogens is 2. The molecule has 1 fully saturated rings. The summed E-state index contributed by atoms with van der Waals surface area (Å²) in [5, 5.41) is 5.50. The molecule has 2 amide bonds. The Kier molecular flexibility index (Phi) is 4.68. The van der Waals surface area contributed by atoms with Gasteiger partial charge in [0.15, 0.2) is 0 Å². The van der Waals surface area contributed by atoms with Crippen LogP contribution in [0, 0.1) is 0 Å². The van der Waals surface area contributed by atoms with Gasteiger partial charge in [0.25, 0.3) is 0 Å². The van der Waals surface area contributed by atoms with Crippen molar-refractivity contribution in [3.63, 3.8) is 0 Å². The van der Waals surface area contributed by atoms with Crippen LogP contribution in [-0.4, -0.2) is 54.1 Å². The molecule has 0 spiro atoms. The van der Waals surface area contributed by atoms with E-state index in [0.29, 0.717) is 5.82 Å². The van der Waals surface area contributed by atoms with Crippen molar-refractivity contribution in [2.24, 2.45) is 0 Å². The maximum absolute atomic E-state index is 12.0. The van der Waals surface area contributed by atoms with Gasteiger partial charge in [0, 0.05) is 37.9 Å². The number of nitrogens with zero attached hydrogens (tertiary/aromatic N) is 4. The van der Waals surface area contributed by atoms with Crippen LogP contribution >= 0.6 is 0 Å². The first-order valence-corrected chi connectivity index (χ1v) is 7.59. The Balaban J connectivity index is 1.62. The molecule has 1 saturated heterocycles. The summed E-state index contributed by atoms with van der Waals surface area (Å²) in [6.45, 7) is 3.84. The minimum atomic E-state index is -0.320.